The molecule has 0 aromatic heterocycles. The topological polar surface area (TPSA) is 49.9 Å². The van der Waals surface area contributed by atoms with Gasteiger partial charge < -0.3 is 14.5 Å². The smallest absolute Gasteiger partial charge is 0.253 e. The maximum Gasteiger partial charge on any atom is 0.253 e. The molecule has 3 heterocycles. The molecule has 0 saturated carbocycles. The monoisotopic (exact) mass is 376 g/mol. The molecule has 3 saturated heterocycles. The highest BCUT2D eigenvalue weighted by Crippen LogP contribution is 2.40. The summed E-state index contributed by atoms with van der Waals surface area (Å²) < 4.78 is 6.27. The van der Waals surface area contributed by atoms with E-state index in [1.54, 1.807) is 24.3 Å². The van der Waals surface area contributed by atoms with Crippen LogP contribution in [-0.2, 0) is 9.53 Å². The summed E-state index contributed by atoms with van der Waals surface area (Å²) in [7, 11) is 0. The van der Waals surface area contributed by atoms with Crippen molar-refractivity contribution in [3.05, 3.63) is 34.9 Å². The molecular weight excluding hydrogens is 352 g/mol. The van der Waals surface area contributed by atoms with Crippen LogP contribution < -0.4 is 0 Å². The van der Waals surface area contributed by atoms with E-state index < -0.39 is 0 Å². The Morgan fingerprint density at radius 2 is 1.77 bits per heavy atom. The largest absolute Gasteiger partial charge is 0.362 e. The van der Waals surface area contributed by atoms with E-state index in [2.05, 4.69) is 0 Å². The SMILES string of the molecule is O=C(c1cccc(Cl)c1)N1CCC2(CC[C@@H](C(=O)N3CCCC3)O2)CC1. The second-order valence-corrected chi connectivity index (χ2v) is 8.10. The first kappa shape index (κ1) is 17.8. The van der Waals surface area contributed by atoms with Crippen LogP contribution in [0.4, 0.5) is 0 Å². The molecule has 1 spiro atoms. The van der Waals surface area contributed by atoms with Crippen LogP contribution in [0.2, 0.25) is 5.02 Å². The number of carbonyl (C=O) groups is 2. The number of amides is 2. The van der Waals surface area contributed by atoms with Crippen molar-refractivity contribution in [2.24, 2.45) is 0 Å². The molecule has 0 aliphatic carbocycles. The van der Waals surface area contributed by atoms with Crippen LogP contribution in [0.5, 0.6) is 0 Å². The van der Waals surface area contributed by atoms with Crippen molar-refractivity contribution in [2.45, 2.75) is 50.2 Å². The molecule has 4 rings (SSSR count). The van der Waals surface area contributed by atoms with Gasteiger partial charge in [-0.15, -0.1) is 0 Å². The van der Waals surface area contributed by atoms with Crippen molar-refractivity contribution in [2.75, 3.05) is 26.2 Å². The lowest BCUT2D eigenvalue weighted by Crippen LogP contribution is -2.47. The van der Waals surface area contributed by atoms with E-state index in [0.717, 1.165) is 51.6 Å². The zero-order valence-electron chi connectivity index (χ0n) is 15.0. The highest BCUT2D eigenvalue weighted by molar-refractivity contribution is 6.30. The van der Waals surface area contributed by atoms with Gasteiger partial charge in [-0.05, 0) is 56.7 Å². The van der Waals surface area contributed by atoms with Crippen molar-refractivity contribution in [1.29, 1.82) is 0 Å². The second kappa shape index (κ2) is 7.20. The molecular formula is C20H25ClN2O3. The van der Waals surface area contributed by atoms with E-state index >= 15 is 0 Å². The molecule has 0 N–H and O–H groups in total. The first-order chi connectivity index (χ1) is 12.6. The van der Waals surface area contributed by atoms with Gasteiger partial charge in [0, 0.05) is 36.8 Å². The molecule has 0 radical (unpaired) electrons. The number of piperidine rings is 1. The summed E-state index contributed by atoms with van der Waals surface area (Å²) in [5, 5.41) is 0.576. The third kappa shape index (κ3) is 3.47. The maximum atomic E-state index is 12.7. The van der Waals surface area contributed by atoms with Crippen LogP contribution in [0, 0.1) is 0 Å². The Morgan fingerprint density at radius 1 is 1.04 bits per heavy atom. The fraction of sp³-hybridized carbons (Fsp3) is 0.600. The summed E-state index contributed by atoms with van der Waals surface area (Å²) >= 11 is 6.00. The quantitative estimate of drug-likeness (QED) is 0.796. The van der Waals surface area contributed by atoms with E-state index in [1.807, 2.05) is 9.80 Å². The highest BCUT2D eigenvalue weighted by atomic mass is 35.5. The zero-order chi connectivity index (χ0) is 18.1. The molecule has 140 valence electrons. The summed E-state index contributed by atoms with van der Waals surface area (Å²) in [5.74, 6) is 0.182. The Labute approximate surface area is 159 Å². The van der Waals surface area contributed by atoms with Gasteiger partial charge in [-0.1, -0.05) is 17.7 Å². The number of carbonyl (C=O) groups excluding carboxylic acids is 2. The highest BCUT2D eigenvalue weighted by Gasteiger charge is 2.46. The molecule has 3 aliphatic heterocycles. The van der Waals surface area contributed by atoms with Gasteiger partial charge in [0.15, 0.2) is 0 Å². The Bertz CT molecular complexity index is 694. The van der Waals surface area contributed by atoms with Crippen molar-refractivity contribution in [3.63, 3.8) is 0 Å². The molecule has 6 heteroatoms. The third-order valence-corrected chi connectivity index (χ3v) is 6.22. The van der Waals surface area contributed by atoms with Crippen molar-refractivity contribution >= 4 is 23.4 Å². The lowest BCUT2D eigenvalue weighted by molar-refractivity contribution is -0.149. The van der Waals surface area contributed by atoms with Gasteiger partial charge in [0.05, 0.1) is 5.60 Å². The van der Waals surface area contributed by atoms with Crippen LogP contribution >= 0.6 is 11.6 Å². The number of benzene rings is 1. The number of hydrogen-bond acceptors (Lipinski definition) is 3. The predicted octanol–water partition coefficient (Wildman–Crippen LogP) is 3.12. The lowest BCUT2D eigenvalue weighted by Gasteiger charge is -2.39. The summed E-state index contributed by atoms with van der Waals surface area (Å²) in [6.45, 7) is 3.06. The van der Waals surface area contributed by atoms with Gasteiger partial charge in [-0.3, -0.25) is 9.59 Å². The van der Waals surface area contributed by atoms with Crippen LogP contribution in [0.15, 0.2) is 24.3 Å². The fourth-order valence-electron chi connectivity index (χ4n) is 4.42. The minimum atomic E-state index is -0.289. The maximum absolute atomic E-state index is 12.7. The normalized spacial score (nSPS) is 25.0. The van der Waals surface area contributed by atoms with E-state index in [4.69, 9.17) is 16.3 Å². The average molecular weight is 377 g/mol. The van der Waals surface area contributed by atoms with Gasteiger partial charge in [-0.2, -0.15) is 0 Å². The average Bonchev–Trinajstić information content (AvgIpc) is 3.32. The molecule has 3 fully saturated rings. The number of hydrogen-bond donors (Lipinski definition) is 0. The molecule has 2 amide bonds. The first-order valence-electron chi connectivity index (χ1n) is 9.58. The summed E-state index contributed by atoms with van der Waals surface area (Å²) in [4.78, 5) is 29.1. The number of rotatable bonds is 2. The number of likely N-dealkylation sites (tertiary alicyclic amines) is 2. The van der Waals surface area contributed by atoms with Crippen LogP contribution in [0.1, 0.15) is 48.9 Å². The van der Waals surface area contributed by atoms with E-state index in [1.165, 1.54) is 0 Å². The number of nitrogens with zero attached hydrogens (tertiary/aromatic N) is 2. The predicted molar refractivity (Wildman–Crippen MR) is 99.2 cm³/mol. The van der Waals surface area contributed by atoms with Gasteiger partial charge in [0.1, 0.15) is 6.10 Å². The number of halogens is 1. The summed E-state index contributed by atoms with van der Waals surface area (Å²) in [5.41, 5.74) is 0.397. The molecule has 5 nitrogen and oxygen atoms in total. The molecule has 1 aromatic rings. The Kier molecular flexibility index (Phi) is 4.93. The molecule has 3 aliphatic rings. The van der Waals surface area contributed by atoms with E-state index in [0.29, 0.717) is 23.7 Å². The molecule has 1 aromatic carbocycles. The van der Waals surface area contributed by atoms with Crippen molar-refractivity contribution in [1.82, 2.24) is 9.80 Å². The van der Waals surface area contributed by atoms with Gasteiger partial charge in [0.2, 0.25) is 0 Å². The van der Waals surface area contributed by atoms with Crippen LogP contribution in [0.25, 0.3) is 0 Å². The summed E-state index contributed by atoms with van der Waals surface area (Å²) in [6, 6.07) is 7.09. The van der Waals surface area contributed by atoms with Gasteiger partial charge in [-0.25, -0.2) is 0 Å². The Balaban J connectivity index is 1.34. The third-order valence-electron chi connectivity index (χ3n) is 5.98. The standard InChI is InChI=1S/C20H25ClN2O3/c21-16-5-3-4-15(14-16)18(24)23-12-8-20(9-13-23)7-6-17(26-20)19(25)22-10-1-2-11-22/h3-5,14,17H,1-2,6-13H2/t17-/m0/s1. The minimum absolute atomic E-state index is 0.0186. The van der Waals surface area contributed by atoms with Crippen LogP contribution in [0.3, 0.4) is 0 Å². The Morgan fingerprint density at radius 3 is 2.46 bits per heavy atom. The Hall–Kier alpha value is -1.59. The minimum Gasteiger partial charge on any atom is -0.362 e. The van der Waals surface area contributed by atoms with E-state index in [9.17, 15) is 9.59 Å². The van der Waals surface area contributed by atoms with Crippen LogP contribution in [-0.4, -0.2) is 59.5 Å². The number of ether oxygens (including phenoxy) is 1. The molecule has 26 heavy (non-hydrogen) atoms. The van der Waals surface area contributed by atoms with Crippen molar-refractivity contribution < 1.29 is 14.3 Å². The molecule has 0 bridgehead atoms. The van der Waals surface area contributed by atoms with Gasteiger partial charge >= 0.3 is 0 Å². The molecule has 1 atom stereocenters. The van der Waals surface area contributed by atoms with Crippen molar-refractivity contribution in [3.8, 4) is 0 Å². The molecule has 0 unspecified atom stereocenters. The summed E-state index contributed by atoms with van der Waals surface area (Å²) in [6.07, 6.45) is 5.22. The van der Waals surface area contributed by atoms with Gasteiger partial charge in [0.25, 0.3) is 11.8 Å². The fourth-order valence-corrected chi connectivity index (χ4v) is 4.61. The lowest BCUT2D eigenvalue weighted by atomic mass is 9.88. The zero-order valence-corrected chi connectivity index (χ0v) is 15.7. The van der Waals surface area contributed by atoms with E-state index in [-0.39, 0.29) is 23.5 Å². The first-order valence-corrected chi connectivity index (χ1v) is 9.96. The second-order valence-electron chi connectivity index (χ2n) is 7.66.